The van der Waals surface area contributed by atoms with E-state index in [4.69, 9.17) is 14.2 Å². The number of hydrogen-bond acceptors (Lipinski definition) is 6. The summed E-state index contributed by atoms with van der Waals surface area (Å²) in [4.78, 5) is 36.0. The van der Waals surface area contributed by atoms with Crippen LogP contribution in [0.1, 0.15) is 125 Å². The van der Waals surface area contributed by atoms with Crippen molar-refractivity contribution in [1.29, 1.82) is 0 Å². The second-order valence-electron chi connectivity index (χ2n) is 10.8. The van der Waals surface area contributed by atoms with Crippen LogP contribution in [0.15, 0.2) is 0 Å². The van der Waals surface area contributed by atoms with E-state index >= 15 is 0 Å². The van der Waals surface area contributed by atoms with Crippen molar-refractivity contribution < 1.29 is 28.6 Å². The van der Waals surface area contributed by atoms with Gasteiger partial charge in [-0.25, -0.2) is 0 Å². The molecule has 0 aliphatic rings. The second-order valence-corrected chi connectivity index (χ2v) is 10.8. The highest BCUT2D eigenvalue weighted by Gasteiger charge is 2.20. The quantitative estimate of drug-likeness (QED) is 0.0989. The van der Waals surface area contributed by atoms with E-state index in [1.807, 2.05) is 27.7 Å². The molecule has 200 valence electrons. The van der Waals surface area contributed by atoms with E-state index < -0.39 is 6.10 Å². The van der Waals surface area contributed by atoms with Crippen LogP contribution >= 0.6 is 0 Å². The number of ether oxygens (including phenoxy) is 3. The van der Waals surface area contributed by atoms with Gasteiger partial charge < -0.3 is 14.2 Å². The molecule has 6 heteroatoms. The molecule has 6 nitrogen and oxygen atoms in total. The predicted octanol–water partition coefficient (Wildman–Crippen LogP) is 7.02. The van der Waals surface area contributed by atoms with Crippen LogP contribution < -0.4 is 0 Å². The summed E-state index contributed by atoms with van der Waals surface area (Å²) in [5.41, 5.74) is 0. The maximum absolute atomic E-state index is 12.3. The van der Waals surface area contributed by atoms with Gasteiger partial charge in [-0.05, 0) is 24.2 Å². The van der Waals surface area contributed by atoms with Gasteiger partial charge in [0, 0.05) is 19.3 Å². The van der Waals surface area contributed by atoms with Crippen LogP contribution in [-0.2, 0) is 28.6 Å². The molecule has 0 aromatic rings. The number of rotatable bonds is 21. The fourth-order valence-corrected chi connectivity index (χ4v) is 3.58. The highest BCUT2D eigenvalue weighted by atomic mass is 16.6. The van der Waals surface area contributed by atoms with Gasteiger partial charge in [-0.15, -0.1) is 0 Å². The molecule has 0 spiro atoms. The van der Waals surface area contributed by atoms with Crippen molar-refractivity contribution in [2.75, 3.05) is 13.2 Å². The van der Waals surface area contributed by atoms with Crippen LogP contribution in [0.5, 0.6) is 0 Å². The Morgan fingerprint density at radius 2 is 0.941 bits per heavy atom. The Bertz CT molecular complexity index is 515. The van der Waals surface area contributed by atoms with E-state index in [1.54, 1.807) is 0 Å². The molecule has 0 radical (unpaired) electrons. The topological polar surface area (TPSA) is 78.9 Å². The van der Waals surface area contributed by atoms with E-state index in [-0.39, 0.29) is 43.0 Å². The monoisotopic (exact) mass is 484 g/mol. The first-order valence-electron chi connectivity index (χ1n) is 13.6. The molecule has 0 heterocycles. The molecule has 0 atom stereocenters. The van der Waals surface area contributed by atoms with Crippen molar-refractivity contribution in [2.24, 2.45) is 17.8 Å². The van der Waals surface area contributed by atoms with Crippen LogP contribution in [-0.4, -0.2) is 37.2 Å². The van der Waals surface area contributed by atoms with Crippen LogP contribution in [0.25, 0.3) is 0 Å². The summed E-state index contributed by atoms with van der Waals surface area (Å²) >= 11 is 0. The van der Waals surface area contributed by atoms with Crippen molar-refractivity contribution in [2.45, 2.75) is 131 Å². The van der Waals surface area contributed by atoms with Gasteiger partial charge in [0.1, 0.15) is 13.2 Å². The molecule has 0 aliphatic carbocycles. The van der Waals surface area contributed by atoms with Crippen LogP contribution in [0.3, 0.4) is 0 Å². The lowest BCUT2D eigenvalue weighted by atomic mass is 10.0. The van der Waals surface area contributed by atoms with Crippen LogP contribution in [0, 0.1) is 17.8 Å². The lowest BCUT2D eigenvalue weighted by Crippen LogP contribution is -2.31. The molecule has 0 amide bonds. The Labute approximate surface area is 208 Å². The molecule has 0 N–H and O–H groups in total. The lowest BCUT2D eigenvalue weighted by Gasteiger charge is -2.19. The van der Waals surface area contributed by atoms with Crippen molar-refractivity contribution in [3.63, 3.8) is 0 Å². The van der Waals surface area contributed by atoms with Crippen molar-refractivity contribution in [1.82, 2.24) is 0 Å². The molecule has 0 fully saturated rings. The summed E-state index contributed by atoms with van der Waals surface area (Å²) < 4.78 is 15.9. The van der Waals surface area contributed by atoms with E-state index in [1.165, 1.54) is 44.9 Å². The standard InChI is InChI=1S/C28H52O6/c1-22(2)16-14-12-10-8-7-9-11-13-15-17-26(29)34-25(20-32-27(30)18-23(3)4)21-33-28(31)19-24(5)6/h22-25H,7-21H2,1-6H3. The number of hydrogen-bond donors (Lipinski definition) is 0. The third kappa shape index (κ3) is 22.2. The molecular weight excluding hydrogens is 432 g/mol. The third-order valence-corrected chi connectivity index (χ3v) is 5.47. The molecule has 0 saturated heterocycles. The Morgan fingerprint density at radius 1 is 0.529 bits per heavy atom. The van der Waals surface area contributed by atoms with Gasteiger partial charge in [-0.2, -0.15) is 0 Å². The summed E-state index contributed by atoms with van der Waals surface area (Å²) in [6.45, 7) is 12.1. The van der Waals surface area contributed by atoms with E-state index in [0.717, 1.165) is 25.2 Å². The predicted molar refractivity (Wildman–Crippen MR) is 136 cm³/mol. The highest BCUT2D eigenvalue weighted by molar-refractivity contribution is 5.71. The summed E-state index contributed by atoms with van der Waals surface area (Å²) in [5.74, 6) is 0.148. The molecule has 0 aromatic heterocycles. The maximum Gasteiger partial charge on any atom is 0.306 e. The molecule has 0 saturated carbocycles. The minimum Gasteiger partial charge on any atom is -0.462 e. The molecule has 0 aromatic carbocycles. The van der Waals surface area contributed by atoms with E-state index in [2.05, 4.69) is 13.8 Å². The van der Waals surface area contributed by atoms with E-state index in [0.29, 0.717) is 19.3 Å². The first-order valence-corrected chi connectivity index (χ1v) is 13.6. The van der Waals surface area contributed by atoms with Crippen LogP contribution in [0.2, 0.25) is 0 Å². The number of carbonyl (C=O) groups excluding carboxylic acids is 3. The van der Waals surface area contributed by atoms with Gasteiger partial charge >= 0.3 is 17.9 Å². The zero-order valence-corrected chi connectivity index (χ0v) is 22.9. The molecule has 0 rings (SSSR count). The normalized spacial score (nSPS) is 11.5. The molecule has 0 aliphatic heterocycles. The first-order chi connectivity index (χ1) is 16.1. The van der Waals surface area contributed by atoms with Gasteiger partial charge in [0.2, 0.25) is 0 Å². The smallest absolute Gasteiger partial charge is 0.306 e. The first kappa shape index (κ1) is 32.4. The SMILES string of the molecule is CC(C)CCCCCCCCCCCC(=O)OC(COC(=O)CC(C)C)COC(=O)CC(C)C. The van der Waals surface area contributed by atoms with Crippen molar-refractivity contribution in [3.05, 3.63) is 0 Å². The summed E-state index contributed by atoms with van der Waals surface area (Å²) in [6, 6.07) is 0. The van der Waals surface area contributed by atoms with Gasteiger partial charge in [0.15, 0.2) is 6.10 Å². The van der Waals surface area contributed by atoms with Gasteiger partial charge in [-0.3, -0.25) is 14.4 Å². The number of unbranched alkanes of at least 4 members (excludes halogenated alkanes) is 8. The molecule has 34 heavy (non-hydrogen) atoms. The van der Waals surface area contributed by atoms with Crippen molar-refractivity contribution in [3.8, 4) is 0 Å². The minimum atomic E-state index is -0.768. The Balaban J connectivity index is 4.12. The van der Waals surface area contributed by atoms with E-state index in [9.17, 15) is 14.4 Å². The zero-order chi connectivity index (χ0) is 25.8. The van der Waals surface area contributed by atoms with Gasteiger partial charge in [0.25, 0.3) is 0 Å². The molecular formula is C28H52O6. The van der Waals surface area contributed by atoms with Crippen LogP contribution in [0.4, 0.5) is 0 Å². The Kier molecular flexibility index (Phi) is 19.8. The fourth-order valence-electron chi connectivity index (χ4n) is 3.58. The average molecular weight is 485 g/mol. The number of carbonyl (C=O) groups is 3. The van der Waals surface area contributed by atoms with Gasteiger partial charge in [0.05, 0.1) is 0 Å². The summed E-state index contributed by atoms with van der Waals surface area (Å²) in [6.07, 6.45) is 12.2. The summed E-state index contributed by atoms with van der Waals surface area (Å²) in [7, 11) is 0. The lowest BCUT2D eigenvalue weighted by molar-refractivity contribution is -0.167. The second kappa shape index (κ2) is 20.8. The number of esters is 3. The third-order valence-electron chi connectivity index (χ3n) is 5.47. The minimum absolute atomic E-state index is 0.0938. The average Bonchev–Trinajstić information content (AvgIpc) is 2.72. The van der Waals surface area contributed by atoms with Gasteiger partial charge in [-0.1, -0.05) is 99.3 Å². The Morgan fingerprint density at radius 3 is 1.35 bits per heavy atom. The highest BCUT2D eigenvalue weighted by Crippen LogP contribution is 2.14. The fraction of sp³-hybridized carbons (Fsp3) is 0.893. The zero-order valence-electron chi connectivity index (χ0n) is 22.9. The Hall–Kier alpha value is -1.59. The molecule has 0 unspecified atom stereocenters. The summed E-state index contributed by atoms with van der Waals surface area (Å²) in [5, 5.41) is 0. The molecule has 0 bridgehead atoms. The largest absolute Gasteiger partial charge is 0.462 e. The maximum atomic E-state index is 12.3. The van der Waals surface area contributed by atoms with Crippen molar-refractivity contribution >= 4 is 17.9 Å².